The van der Waals surface area contributed by atoms with Crippen molar-refractivity contribution in [2.24, 2.45) is 5.92 Å². The maximum absolute atomic E-state index is 12.5. The summed E-state index contributed by atoms with van der Waals surface area (Å²) in [5.74, 6) is 1.17. The van der Waals surface area contributed by atoms with Crippen LogP contribution in [0.2, 0.25) is 0 Å². The lowest BCUT2D eigenvalue weighted by Crippen LogP contribution is -2.52. The third-order valence-electron chi connectivity index (χ3n) is 4.81. The van der Waals surface area contributed by atoms with Gasteiger partial charge in [-0.1, -0.05) is 40.9 Å². The van der Waals surface area contributed by atoms with E-state index in [9.17, 15) is 4.79 Å². The van der Waals surface area contributed by atoms with Gasteiger partial charge in [-0.25, -0.2) is 0 Å². The lowest BCUT2D eigenvalue weighted by atomic mass is 9.77. The molecule has 1 aromatic rings. The predicted molar refractivity (Wildman–Crippen MR) is 84.8 cm³/mol. The van der Waals surface area contributed by atoms with Gasteiger partial charge < -0.3 is 5.32 Å². The minimum absolute atomic E-state index is 0.0772. The van der Waals surface area contributed by atoms with E-state index in [-0.39, 0.29) is 6.04 Å². The first-order valence-electron chi connectivity index (χ1n) is 7.75. The molecule has 1 saturated carbocycles. The van der Waals surface area contributed by atoms with Gasteiger partial charge in [0.05, 0.1) is 6.04 Å². The summed E-state index contributed by atoms with van der Waals surface area (Å²) in [5.41, 5.74) is 1.11. The summed E-state index contributed by atoms with van der Waals surface area (Å²) >= 11 is 3.47. The summed E-state index contributed by atoms with van der Waals surface area (Å²) in [5, 5.41) is 3.63. The van der Waals surface area contributed by atoms with Crippen molar-refractivity contribution in [3.63, 3.8) is 0 Å². The monoisotopic (exact) mass is 335 g/mol. The molecule has 0 spiro atoms. The quantitative estimate of drug-likeness (QED) is 0.908. The summed E-state index contributed by atoms with van der Waals surface area (Å²) in [6, 6.07) is 8.75. The number of piperidine rings is 1. The molecule has 3 heteroatoms. The van der Waals surface area contributed by atoms with Crippen LogP contribution < -0.4 is 5.32 Å². The number of carbonyl (C=O) groups is 1. The van der Waals surface area contributed by atoms with Gasteiger partial charge in [-0.05, 0) is 49.3 Å². The third kappa shape index (κ3) is 3.32. The predicted octanol–water partition coefficient (Wildman–Crippen LogP) is 3.87. The fourth-order valence-corrected chi connectivity index (χ4v) is 4.17. The largest absolute Gasteiger partial charge is 0.304 e. The lowest BCUT2D eigenvalue weighted by Gasteiger charge is -2.40. The molecule has 0 bridgehead atoms. The summed E-state index contributed by atoms with van der Waals surface area (Å²) < 4.78 is 1.05. The molecule has 1 aromatic carbocycles. The standard InChI is InChI=1S/C17H22BrNO/c18-14-6-3-4-12(10-14)11-17(20)16-9-8-13-5-1-2-7-15(13)19-16/h3-4,6,10,13,15-16,19H,1-2,5,7-9,11H2. The van der Waals surface area contributed by atoms with Crippen LogP contribution >= 0.6 is 15.9 Å². The number of halogens is 1. The summed E-state index contributed by atoms with van der Waals surface area (Å²) in [4.78, 5) is 12.5. The van der Waals surface area contributed by atoms with E-state index in [0.717, 1.165) is 22.4 Å². The Labute approximate surface area is 129 Å². The molecule has 0 radical (unpaired) electrons. The van der Waals surface area contributed by atoms with Crippen LogP contribution in [0.3, 0.4) is 0 Å². The van der Waals surface area contributed by atoms with E-state index in [1.807, 2.05) is 24.3 Å². The van der Waals surface area contributed by atoms with Crippen molar-refractivity contribution < 1.29 is 4.79 Å². The number of Topliss-reactive ketones (excluding diaryl/α,β-unsaturated/α-hetero) is 1. The van der Waals surface area contributed by atoms with Gasteiger partial charge in [0.15, 0.2) is 5.78 Å². The number of fused-ring (bicyclic) bond motifs is 1. The first-order valence-corrected chi connectivity index (χ1v) is 8.55. The molecule has 0 aromatic heterocycles. The first-order chi connectivity index (χ1) is 9.72. The average molecular weight is 336 g/mol. The minimum atomic E-state index is 0.0772. The average Bonchev–Trinajstić information content (AvgIpc) is 2.47. The van der Waals surface area contributed by atoms with Crippen LogP contribution in [-0.4, -0.2) is 17.9 Å². The van der Waals surface area contributed by atoms with Crippen molar-refractivity contribution in [1.82, 2.24) is 5.32 Å². The van der Waals surface area contributed by atoms with Gasteiger partial charge in [0, 0.05) is 16.9 Å². The van der Waals surface area contributed by atoms with E-state index in [0.29, 0.717) is 18.2 Å². The molecule has 1 N–H and O–H groups in total. The SMILES string of the molecule is O=C(Cc1cccc(Br)c1)C1CCC2CCCCC2N1. The van der Waals surface area contributed by atoms with Crippen LogP contribution in [0.25, 0.3) is 0 Å². The summed E-state index contributed by atoms with van der Waals surface area (Å²) in [7, 11) is 0. The zero-order valence-electron chi connectivity index (χ0n) is 11.8. The number of carbonyl (C=O) groups excluding carboxylic acids is 1. The summed E-state index contributed by atoms with van der Waals surface area (Å²) in [6.45, 7) is 0. The number of ketones is 1. The van der Waals surface area contributed by atoms with Crippen LogP contribution in [0.1, 0.15) is 44.1 Å². The molecule has 1 heterocycles. The Kier molecular flexibility index (Phi) is 4.57. The molecule has 1 saturated heterocycles. The Morgan fingerprint density at radius 1 is 1.20 bits per heavy atom. The molecule has 0 amide bonds. The number of benzene rings is 1. The third-order valence-corrected chi connectivity index (χ3v) is 5.30. The fraction of sp³-hybridized carbons (Fsp3) is 0.588. The highest BCUT2D eigenvalue weighted by Gasteiger charge is 2.34. The second-order valence-electron chi connectivity index (χ2n) is 6.22. The smallest absolute Gasteiger partial charge is 0.154 e. The van der Waals surface area contributed by atoms with Gasteiger partial charge in [-0.2, -0.15) is 0 Å². The van der Waals surface area contributed by atoms with Crippen molar-refractivity contribution in [3.8, 4) is 0 Å². The molecule has 108 valence electrons. The summed E-state index contributed by atoms with van der Waals surface area (Å²) in [6.07, 6.45) is 8.10. The molecule has 2 aliphatic rings. The number of rotatable bonds is 3. The van der Waals surface area contributed by atoms with Crippen LogP contribution in [-0.2, 0) is 11.2 Å². The molecular formula is C17H22BrNO. The van der Waals surface area contributed by atoms with E-state index >= 15 is 0 Å². The maximum Gasteiger partial charge on any atom is 0.154 e. The Balaban J connectivity index is 1.60. The highest BCUT2D eigenvalue weighted by molar-refractivity contribution is 9.10. The fourth-order valence-electron chi connectivity index (χ4n) is 3.72. The van der Waals surface area contributed by atoms with E-state index in [1.165, 1.54) is 32.1 Å². The Morgan fingerprint density at radius 3 is 2.90 bits per heavy atom. The van der Waals surface area contributed by atoms with Crippen molar-refractivity contribution in [3.05, 3.63) is 34.3 Å². The van der Waals surface area contributed by atoms with E-state index in [2.05, 4.69) is 21.2 Å². The number of hydrogen-bond acceptors (Lipinski definition) is 2. The molecule has 3 rings (SSSR count). The Hall–Kier alpha value is -0.670. The molecule has 1 aliphatic heterocycles. The van der Waals surface area contributed by atoms with Gasteiger partial charge in [0.2, 0.25) is 0 Å². The lowest BCUT2D eigenvalue weighted by molar-refractivity contribution is -0.121. The molecule has 2 fully saturated rings. The molecule has 2 nitrogen and oxygen atoms in total. The van der Waals surface area contributed by atoms with Crippen LogP contribution in [0.4, 0.5) is 0 Å². The Bertz CT molecular complexity index is 488. The molecule has 1 aliphatic carbocycles. The topological polar surface area (TPSA) is 29.1 Å². The zero-order valence-corrected chi connectivity index (χ0v) is 13.4. The van der Waals surface area contributed by atoms with Crippen molar-refractivity contribution in [2.45, 2.75) is 57.0 Å². The van der Waals surface area contributed by atoms with Crippen molar-refractivity contribution in [2.75, 3.05) is 0 Å². The molecule has 3 unspecified atom stereocenters. The molecular weight excluding hydrogens is 314 g/mol. The van der Waals surface area contributed by atoms with E-state index < -0.39 is 0 Å². The second kappa shape index (κ2) is 6.40. The first kappa shape index (κ1) is 14.3. The van der Waals surface area contributed by atoms with Crippen molar-refractivity contribution in [1.29, 1.82) is 0 Å². The minimum Gasteiger partial charge on any atom is -0.304 e. The zero-order chi connectivity index (χ0) is 13.9. The van der Waals surface area contributed by atoms with Crippen LogP contribution in [0.5, 0.6) is 0 Å². The second-order valence-corrected chi connectivity index (χ2v) is 7.14. The van der Waals surface area contributed by atoms with E-state index in [4.69, 9.17) is 0 Å². The van der Waals surface area contributed by atoms with E-state index in [1.54, 1.807) is 0 Å². The van der Waals surface area contributed by atoms with Gasteiger partial charge in [-0.3, -0.25) is 4.79 Å². The van der Waals surface area contributed by atoms with Gasteiger partial charge in [-0.15, -0.1) is 0 Å². The van der Waals surface area contributed by atoms with Crippen molar-refractivity contribution >= 4 is 21.7 Å². The molecule has 20 heavy (non-hydrogen) atoms. The van der Waals surface area contributed by atoms with Gasteiger partial charge in [0.1, 0.15) is 0 Å². The maximum atomic E-state index is 12.5. The highest BCUT2D eigenvalue weighted by atomic mass is 79.9. The van der Waals surface area contributed by atoms with Crippen LogP contribution in [0.15, 0.2) is 28.7 Å². The Morgan fingerprint density at radius 2 is 2.05 bits per heavy atom. The number of nitrogens with one attached hydrogen (secondary N) is 1. The van der Waals surface area contributed by atoms with Gasteiger partial charge >= 0.3 is 0 Å². The molecule has 3 atom stereocenters. The highest BCUT2D eigenvalue weighted by Crippen LogP contribution is 2.32. The number of hydrogen-bond donors (Lipinski definition) is 1. The van der Waals surface area contributed by atoms with Gasteiger partial charge in [0.25, 0.3) is 0 Å². The van der Waals surface area contributed by atoms with Crippen LogP contribution in [0, 0.1) is 5.92 Å². The normalized spacial score (nSPS) is 29.8.